The lowest BCUT2D eigenvalue weighted by molar-refractivity contribution is 1.18. The van der Waals surface area contributed by atoms with E-state index in [0.717, 1.165) is 0 Å². The first-order chi connectivity index (χ1) is 47.1. The van der Waals surface area contributed by atoms with Gasteiger partial charge in [-0.15, -0.1) is 11.3 Å². The van der Waals surface area contributed by atoms with Crippen molar-refractivity contribution in [2.75, 3.05) is 4.90 Å². The van der Waals surface area contributed by atoms with Crippen LogP contribution < -0.4 is 4.90 Å². The minimum Gasteiger partial charge on any atom is -0.310 e. The third-order valence-corrected chi connectivity index (χ3v) is 11.1. The number of hydrogen-bond acceptors (Lipinski definition) is 2. The SMILES string of the molecule is [2H]c1c([2H])c([2H])c(-c2c([2H])c(-c3c([2H])c([2H])c([2H])c([2H])c3[2H])c3c(c2[2H])c2c([2H])c([2H])c(N(c4c([2H])c([2H])c5c(sc6c([2H])c([2H])c([2H])c([2H])c65)c4[2H])c4c([2H])c([2H])c5c6c([2H])c([2H])c([2H])c([2H])c6c6c([2H])c([2H])c([2H])c([2H])c6c5c4[2H])c([2H])c2n3-c2c([2H])c([2H])c([2H])c([2H])c2[2H])c([2H])c1[2H]. The summed E-state index contributed by atoms with van der Waals surface area (Å²) in [5, 5.41) is -7.12. The second-order valence-corrected chi connectivity index (χ2v) is 14.5. The van der Waals surface area contributed by atoms with Gasteiger partial charge in [0.25, 0.3) is 0 Å². The van der Waals surface area contributed by atoms with Crippen LogP contribution in [0.2, 0.25) is 0 Å². The van der Waals surface area contributed by atoms with Gasteiger partial charge < -0.3 is 9.47 Å². The number of rotatable bonds is 6. The molecule has 2 nitrogen and oxygen atoms in total. The lowest BCUT2D eigenvalue weighted by atomic mass is 9.94. The maximum absolute atomic E-state index is 10.8. The first kappa shape index (κ1) is 14.6. The third-order valence-electron chi connectivity index (χ3n) is 10.1. The molecule has 11 aromatic carbocycles. The van der Waals surface area contributed by atoms with E-state index in [1.165, 1.54) is 0 Å². The zero-order valence-corrected chi connectivity index (χ0v) is 32.1. The van der Waals surface area contributed by atoms with Crippen molar-refractivity contribution in [1.29, 1.82) is 0 Å². The van der Waals surface area contributed by atoms with Crippen LogP contribution in [0.25, 0.3) is 102 Å². The number of aromatic nitrogens is 1. The number of anilines is 3. The van der Waals surface area contributed by atoms with E-state index < -0.39 is 344 Å². The number of para-hydroxylation sites is 1. The Labute approximate surface area is 422 Å². The smallest absolute Gasteiger partial charge is 0.0667 e. The van der Waals surface area contributed by atoms with Crippen molar-refractivity contribution in [2.45, 2.75) is 0 Å². The molecule has 0 N–H and O–H groups in total. The molecule has 0 bridgehead atoms. The fourth-order valence-electron chi connectivity index (χ4n) is 7.52. The second kappa shape index (κ2) is 14.3. The molecular weight excluding hydrogens is 781 g/mol. The Bertz CT molecular complexity index is 6060. The maximum atomic E-state index is 10.8. The standard InChI is InChI=1S/C60H38N2S/c1-4-16-39(17-5-1)41-34-54(40-18-6-2-7-19-40)60-56(35-41)51-32-29-44(37-57(51)62(60)42-20-8-3-9-21-42)61(45-30-33-53-52-26-14-15-27-58(52)63-59(53)38-45)43-28-31-50-48-24-11-10-22-46(48)47-23-12-13-25-49(47)55(50)36-43/h1-38H/i1D,2D,3D,4D,5D,6D,7D,8D,9D,10D,11D,12D,13D,14D,15D,16D,17D,18D,19D,20D,21D,22D,23D,24D,25D,26D,27D,28D,29D,30D,31D,32D,33D,34D,35D,36D,37D,38D. The van der Waals surface area contributed by atoms with E-state index in [4.69, 9.17) is 27.4 Å². The maximum Gasteiger partial charge on any atom is 0.0667 e. The van der Waals surface area contributed by atoms with Crippen molar-refractivity contribution in [3.8, 4) is 27.9 Å². The predicted octanol–water partition coefficient (Wildman–Crippen LogP) is 17.4. The molecule has 0 aliphatic carbocycles. The van der Waals surface area contributed by atoms with Gasteiger partial charge in [-0.05, 0) is 115 Å². The summed E-state index contributed by atoms with van der Waals surface area (Å²) in [5.74, 6) is 0. The normalized spacial score (nSPS) is 20.3. The van der Waals surface area contributed by atoms with Crippen molar-refractivity contribution < 1.29 is 52.1 Å². The van der Waals surface area contributed by atoms with Crippen molar-refractivity contribution in [1.82, 2.24) is 4.57 Å². The molecular formula is C60H38N2S. The minimum atomic E-state index is -1.39. The molecule has 3 heteroatoms. The molecule has 0 amide bonds. The Morgan fingerprint density at radius 2 is 0.825 bits per heavy atom. The Hall–Kier alpha value is -7.98. The van der Waals surface area contributed by atoms with Crippen LogP contribution in [0.15, 0.2) is 230 Å². The van der Waals surface area contributed by atoms with Crippen LogP contribution in [0.4, 0.5) is 17.1 Å². The lowest BCUT2D eigenvalue weighted by Crippen LogP contribution is -2.10. The molecule has 0 saturated carbocycles. The number of benzene rings is 11. The van der Waals surface area contributed by atoms with Crippen LogP contribution in [0.1, 0.15) is 52.1 Å². The van der Waals surface area contributed by atoms with Gasteiger partial charge in [0.15, 0.2) is 0 Å². The summed E-state index contributed by atoms with van der Waals surface area (Å²) in [5.41, 5.74) is -10.8. The summed E-state index contributed by atoms with van der Waals surface area (Å²) < 4.78 is 354. The molecule has 294 valence electrons. The number of hydrogen-bond donors (Lipinski definition) is 0. The summed E-state index contributed by atoms with van der Waals surface area (Å²) in [4.78, 5) is 0.379. The molecule has 0 unspecified atom stereocenters. The monoisotopic (exact) mass is 857 g/mol. The van der Waals surface area contributed by atoms with E-state index >= 15 is 0 Å². The van der Waals surface area contributed by atoms with E-state index in [9.17, 15) is 24.7 Å². The summed E-state index contributed by atoms with van der Waals surface area (Å²) in [6, 6.07) is -41.2. The summed E-state index contributed by atoms with van der Waals surface area (Å²) >= 11 is 0.451. The summed E-state index contributed by atoms with van der Waals surface area (Å²) in [7, 11) is 0. The van der Waals surface area contributed by atoms with Crippen LogP contribution in [0.3, 0.4) is 0 Å². The number of thiophene rings is 1. The van der Waals surface area contributed by atoms with Gasteiger partial charge in [-0.2, -0.15) is 0 Å². The van der Waals surface area contributed by atoms with Crippen LogP contribution in [-0.2, 0) is 0 Å². The van der Waals surface area contributed by atoms with Gasteiger partial charge >= 0.3 is 0 Å². The van der Waals surface area contributed by atoms with Crippen molar-refractivity contribution >= 4 is 103 Å². The first-order valence-corrected chi connectivity index (χ1v) is 19.3. The fraction of sp³-hybridized carbons (Fsp3) is 0. The molecule has 2 heterocycles. The fourth-order valence-corrected chi connectivity index (χ4v) is 8.48. The molecule has 0 radical (unpaired) electrons. The lowest BCUT2D eigenvalue weighted by Gasteiger charge is -2.26. The Balaban J connectivity index is 1.37. The molecule has 0 spiro atoms. The van der Waals surface area contributed by atoms with Crippen LogP contribution in [0, 0.1) is 0 Å². The van der Waals surface area contributed by atoms with E-state index in [2.05, 4.69) is 0 Å². The van der Waals surface area contributed by atoms with Crippen molar-refractivity contribution in [3.63, 3.8) is 0 Å². The van der Waals surface area contributed by atoms with Crippen LogP contribution in [0.5, 0.6) is 0 Å². The second-order valence-electron chi connectivity index (χ2n) is 13.5. The molecule has 13 rings (SSSR count). The largest absolute Gasteiger partial charge is 0.310 e. The van der Waals surface area contributed by atoms with Gasteiger partial charge in [-0.3, -0.25) is 0 Å². The van der Waals surface area contributed by atoms with E-state index in [1.54, 1.807) is 0 Å². The topological polar surface area (TPSA) is 8.17 Å². The van der Waals surface area contributed by atoms with Gasteiger partial charge in [0.2, 0.25) is 0 Å². The quantitative estimate of drug-likeness (QED) is 0.151. The summed E-state index contributed by atoms with van der Waals surface area (Å²) in [6.45, 7) is 0. The molecule has 13 aromatic rings. The van der Waals surface area contributed by atoms with Crippen molar-refractivity contribution in [2.24, 2.45) is 0 Å². The highest BCUT2D eigenvalue weighted by atomic mass is 32.1. The highest BCUT2D eigenvalue weighted by Crippen LogP contribution is 2.47. The number of nitrogens with zero attached hydrogens (tertiary/aromatic N) is 2. The first-order valence-electron chi connectivity index (χ1n) is 37.5. The highest BCUT2D eigenvalue weighted by Gasteiger charge is 2.22. The minimum absolute atomic E-state index is 0.298. The van der Waals surface area contributed by atoms with Crippen LogP contribution in [-0.4, -0.2) is 4.57 Å². The third kappa shape index (κ3) is 5.71. The number of fused-ring (bicyclic) bond motifs is 12. The predicted molar refractivity (Wildman–Crippen MR) is 272 cm³/mol. The van der Waals surface area contributed by atoms with E-state index in [1.807, 2.05) is 0 Å². The molecule has 0 aliphatic rings. The van der Waals surface area contributed by atoms with Gasteiger partial charge in [0.05, 0.1) is 63.1 Å². The Morgan fingerprint density at radius 3 is 1.51 bits per heavy atom. The Morgan fingerprint density at radius 1 is 0.333 bits per heavy atom. The Kier molecular flexibility index (Phi) is 3.31. The molecule has 63 heavy (non-hydrogen) atoms. The van der Waals surface area contributed by atoms with Crippen LogP contribution >= 0.6 is 11.3 Å². The summed E-state index contributed by atoms with van der Waals surface area (Å²) in [6.07, 6.45) is 0. The van der Waals surface area contributed by atoms with E-state index in [0.29, 0.717) is 20.8 Å². The average Bonchev–Trinajstić information content (AvgIpc) is 1.67. The van der Waals surface area contributed by atoms with Gasteiger partial charge in [-0.25, -0.2) is 0 Å². The van der Waals surface area contributed by atoms with E-state index in [-0.39, 0.29) is 4.70 Å². The van der Waals surface area contributed by atoms with Gasteiger partial charge in [0, 0.05) is 59.3 Å². The zero-order valence-electron chi connectivity index (χ0n) is 69.3. The van der Waals surface area contributed by atoms with Gasteiger partial charge in [0.1, 0.15) is 0 Å². The highest BCUT2D eigenvalue weighted by molar-refractivity contribution is 7.25. The molecule has 2 aromatic heterocycles. The molecule has 0 fully saturated rings. The average molecular weight is 857 g/mol. The van der Waals surface area contributed by atoms with Gasteiger partial charge in [-0.1, -0.05) is 163 Å². The molecule has 0 atom stereocenters. The zero-order chi connectivity index (χ0) is 74.5. The molecule has 0 saturated heterocycles. The van der Waals surface area contributed by atoms with Crippen molar-refractivity contribution in [3.05, 3.63) is 230 Å². The molecule has 0 aliphatic heterocycles.